The van der Waals surface area contributed by atoms with Gasteiger partial charge in [-0.05, 0) is 30.2 Å². The van der Waals surface area contributed by atoms with Crippen LogP contribution < -0.4 is 4.74 Å². The summed E-state index contributed by atoms with van der Waals surface area (Å²) in [4.78, 5) is 10.4. The average molecular weight is 257 g/mol. The highest BCUT2D eigenvalue weighted by molar-refractivity contribution is 9.10. The third-order valence-electron chi connectivity index (χ3n) is 1.79. The van der Waals surface area contributed by atoms with E-state index in [4.69, 9.17) is 4.74 Å². The van der Waals surface area contributed by atoms with E-state index in [0.29, 0.717) is 13.0 Å². The molecular formula is C11H13BrO2. The Morgan fingerprint density at radius 2 is 2.29 bits per heavy atom. The molecule has 0 fully saturated rings. The average Bonchev–Trinajstić information content (AvgIpc) is 2.19. The molecule has 1 rings (SSSR count). The van der Waals surface area contributed by atoms with Gasteiger partial charge in [-0.1, -0.05) is 22.9 Å². The molecule has 0 aliphatic rings. The predicted molar refractivity (Wildman–Crippen MR) is 59.7 cm³/mol. The largest absolute Gasteiger partial charge is 0.494 e. The summed E-state index contributed by atoms with van der Waals surface area (Å²) in [5.41, 5.74) is 0.966. The van der Waals surface area contributed by atoms with Crippen LogP contribution in [0.25, 0.3) is 0 Å². The number of aldehydes is 1. The van der Waals surface area contributed by atoms with E-state index < -0.39 is 0 Å². The zero-order valence-electron chi connectivity index (χ0n) is 8.13. The van der Waals surface area contributed by atoms with E-state index in [-0.39, 0.29) is 0 Å². The molecule has 0 radical (unpaired) electrons. The molecule has 14 heavy (non-hydrogen) atoms. The number of carbonyl (C=O) groups is 1. The molecule has 0 aromatic heterocycles. The third-order valence-corrected chi connectivity index (χ3v) is 2.57. The molecule has 0 aliphatic carbocycles. The zero-order valence-corrected chi connectivity index (χ0v) is 9.71. The fourth-order valence-electron chi connectivity index (χ4n) is 1.11. The van der Waals surface area contributed by atoms with E-state index >= 15 is 0 Å². The van der Waals surface area contributed by atoms with Crippen molar-refractivity contribution >= 4 is 22.2 Å². The van der Waals surface area contributed by atoms with Crippen LogP contribution in [0.1, 0.15) is 18.9 Å². The van der Waals surface area contributed by atoms with Gasteiger partial charge in [0.25, 0.3) is 0 Å². The Morgan fingerprint density at radius 3 is 2.93 bits per heavy atom. The molecule has 0 spiro atoms. The molecule has 0 atom stereocenters. The molecule has 76 valence electrons. The van der Waals surface area contributed by atoms with E-state index in [9.17, 15) is 4.79 Å². The lowest BCUT2D eigenvalue weighted by Gasteiger charge is -2.07. The first-order valence-electron chi connectivity index (χ1n) is 4.62. The van der Waals surface area contributed by atoms with Crippen molar-refractivity contribution in [2.45, 2.75) is 19.8 Å². The summed E-state index contributed by atoms with van der Waals surface area (Å²) in [6.45, 7) is 2.77. The van der Waals surface area contributed by atoms with Crippen LogP contribution in [0.3, 0.4) is 0 Å². The monoisotopic (exact) mass is 256 g/mol. The van der Waals surface area contributed by atoms with Gasteiger partial charge in [0.15, 0.2) is 0 Å². The molecule has 0 saturated carbocycles. The van der Waals surface area contributed by atoms with Crippen LogP contribution in [0.5, 0.6) is 5.75 Å². The third kappa shape index (κ3) is 3.14. The normalized spacial score (nSPS) is 9.86. The molecule has 1 aromatic rings. The number of carbonyl (C=O) groups excluding carboxylic acids is 1. The lowest BCUT2D eigenvalue weighted by atomic mass is 10.1. The van der Waals surface area contributed by atoms with Crippen molar-refractivity contribution in [2.24, 2.45) is 0 Å². The maximum Gasteiger partial charge on any atom is 0.124 e. The number of hydrogen-bond donors (Lipinski definition) is 0. The van der Waals surface area contributed by atoms with Gasteiger partial charge in [0.1, 0.15) is 12.0 Å². The van der Waals surface area contributed by atoms with Crippen molar-refractivity contribution in [3.8, 4) is 5.75 Å². The van der Waals surface area contributed by atoms with Crippen LogP contribution in [-0.2, 0) is 11.2 Å². The fourth-order valence-corrected chi connectivity index (χ4v) is 1.52. The van der Waals surface area contributed by atoms with E-state index in [2.05, 4.69) is 22.9 Å². The van der Waals surface area contributed by atoms with Gasteiger partial charge < -0.3 is 9.53 Å². The minimum Gasteiger partial charge on any atom is -0.494 e. The van der Waals surface area contributed by atoms with Crippen LogP contribution >= 0.6 is 15.9 Å². The van der Waals surface area contributed by atoms with Crippen molar-refractivity contribution in [3.63, 3.8) is 0 Å². The van der Waals surface area contributed by atoms with Crippen molar-refractivity contribution in [1.29, 1.82) is 0 Å². The standard InChI is InChI=1S/C11H13BrO2/c1-2-7-14-10-3-4-11(12)9(8-10)5-6-13/h3-4,6,8H,2,5,7H2,1H3. The Hall–Kier alpha value is -0.830. The second-order valence-electron chi connectivity index (χ2n) is 2.97. The summed E-state index contributed by atoms with van der Waals surface area (Å²) >= 11 is 3.39. The highest BCUT2D eigenvalue weighted by Crippen LogP contribution is 2.22. The number of rotatable bonds is 5. The summed E-state index contributed by atoms with van der Waals surface area (Å²) in [7, 11) is 0. The second kappa shape index (κ2) is 5.81. The van der Waals surface area contributed by atoms with E-state index in [0.717, 1.165) is 28.5 Å². The van der Waals surface area contributed by atoms with Crippen LogP contribution in [0.4, 0.5) is 0 Å². The first kappa shape index (κ1) is 11.2. The summed E-state index contributed by atoms with van der Waals surface area (Å²) in [6.07, 6.45) is 2.30. The van der Waals surface area contributed by atoms with Crippen molar-refractivity contribution in [3.05, 3.63) is 28.2 Å². The van der Waals surface area contributed by atoms with Crippen molar-refractivity contribution < 1.29 is 9.53 Å². The van der Waals surface area contributed by atoms with Gasteiger partial charge in [-0.2, -0.15) is 0 Å². The molecule has 0 unspecified atom stereocenters. The minimum atomic E-state index is 0.421. The Kier molecular flexibility index (Phi) is 4.66. The number of ether oxygens (including phenoxy) is 1. The predicted octanol–water partition coefficient (Wildman–Crippen LogP) is 2.98. The topological polar surface area (TPSA) is 26.3 Å². The van der Waals surface area contributed by atoms with Crippen LogP contribution in [0.15, 0.2) is 22.7 Å². The molecular weight excluding hydrogens is 244 g/mol. The molecule has 0 N–H and O–H groups in total. The SMILES string of the molecule is CCCOc1ccc(Br)c(CC=O)c1. The number of benzene rings is 1. The molecule has 0 heterocycles. The summed E-state index contributed by atoms with van der Waals surface area (Å²) in [6, 6.07) is 5.70. The molecule has 0 saturated heterocycles. The summed E-state index contributed by atoms with van der Waals surface area (Å²) in [5.74, 6) is 0.826. The molecule has 2 nitrogen and oxygen atoms in total. The van der Waals surface area contributed by atoms with Gasteiger partial charge in [0.2, 0.25) is 0 Å². The maximum atomic E-state index is 10.4. The lowest BCUT2D eigenvalue weighted by Crippen LogP contribution is -1.96. The fraction of sp³-hybridized carbons (Fsp3) is 0.364. The van der Waals surface area contributed by atoms with E-state index in [1.807, 2.05) is 18.2 Å². The van der Waals surface area contributed by atoms with Gasteiger partial charge in [0.05, 0.1) is 6.61 Å². The highest BCUT2D eigenvalue weighted by atomic mass is 79.9. The lowest BCUT2D eigenvalue weighted by molar-refractivity contribution is -0.107. The zero-order chi connectivity index (χ0) is 10.4. The molecule has 1 aromatic carbocycles. The first-order chi connectivity index (χ1) is 6.77. The van der Waals surface area contributed by atoms with Gasteiger partial charge >= 0.3 is 0 Å². The van der Waals surface area contributed by atoms with Gasteiger partial charge in [-0.3, -0.25) is 0 Å². The van der Waals surface area contributed by atoms with Gasteiger partial charge in [0, 0.05) is 10.9 Å². The first-order valence-corrected chi connectivity index (χ1v) is 5.42. The molecule has 3 heteroatoms. The van der Waals surface area contributed by atoms with Crippen molar-refractivity contribution in [1.82, 2.24) is 0 Å². The smallest absolute Gasteiger partial charge is 0.124 e. The Bertz CT molecular complexity index is 310. The summed E-state index contributed by atoms with van der Waals surface area (Å²) < 4.78 is 6.41. The number of hydrogen-bond acceptors (Lipinski definition) is 2. The minimum absolute atomic E-state index is 0.421. The molecule has 0 amide bonds. The van der Waals surface area contributed by atoms with Gasteiger partial charge in [-0.25, -0.2) is 0 Å². The van der Waals surface area contributed by atoms with E-state index in [1.54, 1.807) is 0 Å². The van der Waals surface area contributed by atoms with Crippen molar-refractivity contribution in [2.75, 3.05) is 6.61 Å². The number of halogens is 1. The Balaban J connectivity index is 2.77. The Labute approximate surface area is 92.4 Å². The second-order valence-corrected chi connectivity index (χ2v) is 3.83. The quantitative estimate of drug-likeness (QED) is 0.758. The van der Waals surface area contributed by atoms with E-state index in [1.165, 1.54) is 0 Å². The highest BCUT2D eigenvalue weighted by Gasteiger charge is 2.01. The molecule has 0 aliphatic heterocycles. The van der Waals surface area contributed by atoms with Crippen LogP contribution in [-0.4, -0.2) is 12.9 Å². The van der Waals surface area contributed by atoms with Crippen LogP contribution in [0, 0.1) is 0 Å². The van der Waals surface area contributed by atoms with Crippen LogP contribution in [0.2, 0.25) is 0 Å². The molecule has 0 bridgehead atoms. The Morgan fingerprint density at radius 1 is 1.50 bits per heavy atom. The summed E-state index contributed by atoms with van der Waals surface area (Å²) in [5, 5.41) is 0. The maximum absolute atomic E-state index is 10.4. The van der Waals surface area contributed by atoms with Gasteiger partial charge in [-0.15, -0.1) is 0 Å².